The van der Waals surface area contributed by atoms with E-state index in [-0.39, 0.29) is 16.3 Å². The quantitative estimate of drug-likeness (QED) is 0.515. The third-order valence-electron chi connectivity index (χ3n) is 4.66. The molecule has 3 rings (SSSR count). The molecule has 8 nitrogen and oxygen atoms in total. The van der Waals surface area contributed by atoms with Crippen LogP contribution in [0.15, 0.2) is 47.7 Å². The van der Waals surface area contributed by atoms with Crippen LogP contribution in [-0.4, -0.2) is 16.9 Å². The number of nitrogens with one attached hydrogen (secondary N) is 3. The van der Waals surface area contributed by atoms with Gasteiger partial charge in [-0.05, 0) is 49.6 Å². The van der Waals surface area contributed by atoms with E-state index in [4.69, 9.17) is 11.6 Å². The minimum Gasteiger partial charge on any atom is -0.327 e. The number of hydrogen-bond donors (Lipinski definition) is 3. The van der Waals surface area contributed by atoms with E-state index in [1.807, 2.05) is 32.0 Å². The molecule has 3 amide bonds. The van der Waals surface area contributed by atoms with Crippen LogP contribution in [0.4, 0.5) is 16.2 Å². The van der Waals surface area contributed by atoms with E-state index in [1.165, 1.54) is 12.1 Å². The fourth-order valence-corrected chi connectivity index (χ4v) is 3.34. The Morgan fingerprint density at radius 3 is 2.59 bits per heavy atom. The fraction of sp³-hybridized carbons (Fsp3) is 0.200. The summed E-state index contributed by atoms with van der Waals surface area (Å²) in [4.78, 5) is 35.7. The van der Waals surface area contributed by atoms with Crippen molar-refractivity contribution in [3.63, 3.8) is 0 Å². The highest BCUT2D eigenvalue weighted by Crippen LogP contribution is 2.33. The summed E-state index contributed by atoms with van der Waals surface area (Å²) in [6.07, 6.45) is 0. The number of aryl methyl sites for hydroxylation is 2. The highest BCUT2D eigenvalue weighted by atomic mass is 35.5. The standard InChI is InChI=1S/C20H19ClN4O4/c1-10-4-5-11(2)15(8-10)23-19(26)17-12(3)22-20(27)24-18(17)13-6-7-14(21)16(9-13)25(28)29/h4-9,18H,1-3H3,(H,23,26)(H2,22,24,27)/t18-/m0/s1. The summed E-state index contributed by atoms with van der Waals surface area (Å²) < 4.78 is 0. The largest absolute Gasteiger partial charge is 0.327 e. The number of anilines is 1. The van der Waals surface area contributed by atoms with Gasteiger partial charge in [-0.3, -0.25) is 14.9 Å². The Bertz CT molecular complexity index is 1060. The van der Waals surface area contributed by atoms with E-state index in [0.717, 1.165) is 11.1 Å². The van der Waals surface area contributed by atoms with Gasteiger partial charge >= 0.3 is 6.03 Å². The molecule has 1 aliphatic heterocycles. The zero-order chi connectivity index (χ0) is 21.3. The van der Waals surface area contributed by atoms with E-state index >= 15 is 0 Å². The van der Waals surface area contributed by atoms with E-state index in [2.05, 4.69) is 16.0 Å². The second-order valence-electron chi connectivity index (χ2n) is 6.81. The number of urea groups is 1. The molecule has 150 valence electrons. The van der Waals surface area contributed by atoms with E-state index in [9.17, 15) is 19.7 Å². The van der Waals surface area contributed by atoms with E-state index in [0.29, 0.717) is 16.9 Å². The van der Waals surface area contributed by atoms with Gasteiger partial charge in [0, 0.05) is 17.5 Å². The van der Waals surface area contributed by atoms with Gasteiger partial charge in [-0.15, -0.1) is 0 Å². The van der Waals surface area contributed by atoms with Gasteiger partial charge in [0.25, 0.3) is 11.6 Å². The van der Waals surface area contributed by atoms with Crippen LogP contribution in [0.3, 0.4) is 0 Å². The number of rotatable bonds is 4. The van der Waals surface area contributed by atoms with Crippen LogP contribution in [0.2, 0.25) is 5.02 Å². The first-order valence-corrected chi connectivity index (χ1v) is 9.16. The van der Waals surface area contributed by atoms with Crippen molar-refractivity contribution in [2.45, 2.75) is 26.8 Å². The van der Waals surface area contributed by atoms with Gasteiger partial charge in [-0.1, -0.05) is 29.8 Å². The number of nitro groups is 1. The molecule has 0 aliphatic carbocycles. The van der Waals surface area contributed by atoms with Crippen LogP contribution < -0.4 is 16.0 Å². The van der Waals surface area contributed by atoms with Gasteiger partial charge in [-0.25, -0.2) is 4.79 Å². The van der Waals surface area contributed by atoms with Crippen molar-refractivity contribution in [1.29, 1.82) is 0 Å². The van der Waals surface area contributed by atoms with Crippen molar-refractivity contribution < 1.29 is 14.5 Å². The van der Waals surface area contributed by atoms with Crippen LogP contribution in [0.5, 0.6) is 0 Å². The molecule has 0 bridgehead atoms. The lowest BCUT2D eigenvalue weighted by Crippen LogP contribution is -2.46. The molecule has 0 radical (unpaired) electrons. The number of nitrogens with zero attached hydrogens (tertiary/aromatic N) is 1. The molecule has 2 aromatic carbocycles. The van der Waals surface area contributed by atoms with Crippen LogP contribution in [0.1, 0.15) is 29.7 Å². The van der Waals surface area contributed by atoms with Gasteiger partial charge in [0.2, 0.25) is 0 Å². The molecular formula is C20H19ClN4O4. The Labute approximate surface area is 172 Å². The number of allylic oxidation sites excluding steroid dienone is 1. The summed E-state index contributed by atoms with van der Waals surface area (Å²) in [7, 11) is 0. The number of benzene rings is 2. The Kier molecular flexibility index (Phi) is 5.56. The lowest BCUT2D eigenvalue weighted by Gasteiger charge is -2.28. The normalized spacial score (nSPS) is 16.1. The van der Waals surface area contributed by atoms with Crippen molar-refractivity contribution in [3.8, 4) is 0 Å². The monoisotopic (exact) mass is 414 g/mol. The van der Waals surface area contributed by atoms with Crippen molar-refractivity contribution in [3.05, 3.63) is 79.5 Å². The first-order chi connectivity index (χ1) is 13.7. The number of amides is 3. The summed E-state index contributed by atoms with van der Waals surface area (Å²) in [6.45, 7) is 5.39. The summed E-state index contributed by atoms with van der Waals surface area (Å²) >= 11 is 5.89. The third kappa shape index (κ3) is 4.22. The molecule has 3 N–H and O–H groups in total. The lowest BCUT2D eigenvalue weighted by atomic mass is 9.94. The molecule has 0 fully saturated rings. The first-order valence-electron chi connectivity index (χ1n) is 8.78. The Balaban J connectivity index is 2.02. The number of nitro benzene ring substituents is 1. The maximum atomic E-state index is 13.1. The van der Waals surface area contributed by atoms with E-state index in [1.54, 1.807) is 13.0 Å². The molecule has 9 heteroatoms. The molecule has 2 aromatic rings. The second-order valence-corrected chi connectivity index (χ2v) is 7.22. The summed E-state index contributed by atoms with van der Waals surface area (Å²) in [5.41, 5.74) is 3.20. The van der Waals surface area contributed by atoms with Gasteiger partial charge in [0.1, 0.15) is 5.02 Å². The molecule has 0 saturated heterocycles. The highest BCUT2D eigenvalue weighted by molar-refractivity contribution is 6.32. The average molecular weight is 415 g/mol. The molecule has 29 heavy (non-hydrogen) atoms. The van der Waals surface area contributed by atoms with Gasteiger partial charge in [0.15, 0.2) is 0 Å². The summed E-state index contributed by atoms with van der Waals surface area (Å²) in [5.74, 6) is -0.425. The van der Waals surface area contributed by atoms with Crippen LogP contribution in [0.25, 0.3) is 0 Å². The Morgan fingerprint density at radius 2 is 1.90 bits per heavy atom. The number of carbonyl (C=O) groups excluding carboxylic acids is 2. The van der Waals surface area contributed by atoms with Crippen molar-refractivity contribution >= 4 is 34.9 Å². The van der Waals surface area contributed by atoms with Crippen molar-refractivity contribution in [1.82, 2.24) is 10.6 Å². The maximum Gasteiger partial charge on any atom is 0.319 e. The Morgan fingerprint density at radius 1 is 1.17 bits per heavy atom. The molecule has 0 saturated carbocycles. The first kappa shape index (κ1) is 20.3. The van der Waals surface area contributed by atoms with Crippen molar-refractivity contribution in [2.75, 3.05) is 5.32 Å². The smallest absolute Gasteiger partial charge is 0.319 e. The molecule has 1 heterocycles. The van der Waals surface area contributed by atoms with E-state index < -0.39 is 22.9 Å². The van der Waals surface area contributed by atoms with Crippen LogP contribution in [-0.2, 0) is 4.79 Å². The zero-order valence-electron chi connectivity index (χ0n) is 16.0. The fourth-order valence-electron chi connectivity index (χ4n) is 3.15. The predicted octanol–water partition coefficient (Wildman–Crippen LogP) is 4.13. The zero-order valence-corrected chi connectivity index (χ0v) is 16.8. The van der Waals surface area contributed by atoms with Crippen LogP contribution >= 0.6 is 11.6 Å². The molecule has 0 aromatic heterocycles. The molecule has 1 atom stereocenters. The van der Waals surface area contributed by atoms with Gasteiger partial charge in [0.05, 0.1) is 16.5 Å². The van der Waals surface area contributed by atoms with Crippen LogP contribution in [0, 0.1) is 24.0 Å². The molecule has 0 spiro atoms. The Hall–Kier alpha value is -3.39. The SMILES string of the molecule is CC1=C(C(=O)Nc2cc(C)ccc2C)[C@H](c2ccc(Cl)c([N+](=O)[O-])c2)NC(=O)N1. The molecular weight excluding hydrogens is 396 g/mol. The number of halogens is 1. The highest BCUT2D eigenvalue weighted by Gasteiger charge is 2.32. The number of carbonyl (C=O) groups is 2. The average Bonchev–Trinajstić information content (AvgIpc) is 2.64. The van der Waals surface area contributed by atoms with Gasteiger partial charge in [-0.2, -0.15) is 0 Å². The summed E-state index contributed by atoms with van der Waals surface area (Å²) in [5, 5.41) is 19.3. The topological polar surface area (TPSA) is 113 Å². The summed E-state index contributed by atoms with van der Waals surface area (Å²) in [6, 6.07) is 8.49. The predicted molar refractivity (Wildman–Crippen MR) is 110 cm³/mol. The van der Waals surface area contributed by atoms with Crippen molar-refractivity contribution in [2.24, 2.45) is 0 Å². The number of hydrogen-bond acceptors (Lipinski definition) is 4. The molecule has 1 aliphatic rings. The molecule has 0 unspecified atom stereocenters. The second kappa shape index (κ2) is 7.92. The lowest BCUT2D eigenvalue weighted by molar-refractivity contribution is -0.384. The third-order valence-corrected chi connectivity index (χ3v) is 4.97. The minimum absolute atomic E-state index is 0.0268. The minimum atomic E-state index is -0.871. The maximum absolute atomic E-state index is 13.1. The van der Waals surface area contributed by atoms with Gasteiger partial charge < -0.3 is 16.0 Å².